The van der Waals surface area contributed by atoms with Gasteiger partial charge < -0.3 is 30.2 Å². The predicted molar refractivity (Wildman–Crippen MR) is 77.7 cm³/mol. The van der Waals surface area contributed by atoms with Crippen molar-refractivity contribution in [2.75, 3.05) is 26.9 Å². The highest BCUT2D eigenvalue weighted by Crippen LogP contribution is 2.39. The fourth-order valence-electron chi connectivity index (χ4n) is 2.02. The molecule has 0 saturated carbocycles. The van der Waals surface area contributed by atoms with Crippen molar-refractivity contribution in [2.24, 2.45) is 5.73 Å². The summed E-state index contributed by atoms with van der Waals surface area (Å²) in [6, 6.07) is 2.76. The zero-order chi connectivity index (χ0) is 17.7. The van der Waals surface area contributed by atoms with Crippen LogP contribution in [-0.4, -0.2) is 50.3 Å². The van der Waals surface area contributed by atoms with Crippen molar-refractivity contribution in [3.8, 4) is 17.2 Å². The number of nitrogens with zero attached hydrogens (tertiary/aromatic N) is 1. The highest BCUT2D eigenvalue weighted by molar-refractivity contribution is 5.85. The molecule has 0 unspecified atom stereocenters. The van der Waals surface area contributed by atoms with Gasteiger partial charge in [-0.3, -0.25) is 9.59 Å². The van der Waals surface area contributed by atoms with Gasteiger partial charge in [0.1, 0.15) is 5.75 Å². The number of ether oxygens (including phenoxy) is 3. The summed E-state index contributed by atoms with van der Waals surface area (Å²) >= 11 is 0. The number of alkyl halides is 2. The maximum absolute atomic E-state index is 12.6. The van der Waals surface area contributed by atoms with Gasteiger partial charge in [0.25, 0.3) is 0 Å². The average Bonchev–Trinajstić information content (AvgIpc) is 2.98. The highest BCUT2D eigenvalue weighted by atomic mass is 19.3. The van der Waals surface area contributed by atoms with Gasteiger partial charge in [0.05, 0.1) is 13.1 Å². The average molecular weight is 345 g/mol. The van der Waals surface area contributed by atoms with E-state index in [1.807, 2.05) is 0 Å². The van der Waals surface area contributed by atoms with Crippen molar-refractivity contribution in [1.29, 1.82) is 0 Å². The van der Waals surface area contributed by atoms with Gasteiger partial charge in [0, 0.05) is 25.2 Å². The lowest BCUT2D eigenvalue weighted by Gasteiger charge is -2.20. The molecule has 24 heavy (non-hydrogen) atoms. The number of carbonyl (C=O) groups is 2. The number of nitrogens with one attached hydrogen (secondary N) is 1. The first-order valence-corrected chi connectivity index (χ1v) is 6.98. The monoisotopic (exact) mass is 345 g/mol. The maximum atomic E-state index is 12.6. The summed E-state index contributed by atoms with van der Waals surface area (Å²) < 4.78 is 39.9. The van der Waals surface area contributed by atoms with Crippen molar-refractivity contribution in [1.82, 2.24) is 10.2 Å². The molecule has 1 aromatic rings. The normalized spacial score (nSPS) is 12.2. The van der Waals surface area contributed by atoms with Crippen molar-refractivity contribution < 1.29 is 32.6 Å². The van der Waals surface area contributed by atoms with E-state index >= 15 is 0 Å². The Labute approximate surface area is 136 Å². The van der Waals surface area contributed by atoms with Crippen molar-refractivity contribution in [2.45, 2.75) is 13.2 Å². The molecule has 0 bridgehead atoms. The maximum Gasteiger partial charge on any atom is 0.387 e. The molecule has 10 heteroatoms. The Kier molecular flexibility index (Phi) is 5.74. The number of carbonyl (C=O) groups excluding carboxylic acids is 2. The molecule has 0 spiro atoms. The van der Waals surface area contributed by atoms with Crippen LogP contribution in [0.3, 0.4) is 0 Å². The van der Waals surface area contributed by atoms with Crippen LogP contribution in [-0.2, 0) is 16.1 Å². The summed E-state index contributed by atoms with van der Waals surface area (Å²) in [5.41, 5.74) is 5.45. The second-order valence-electron chi connectivity index (χ2n) is 4.92. The fourth-order valence-corrected chi connectivity index (χ4v) is 2.02. The van der Waals surface area contributed by atoms with Gasteiger partial charge in [0.2, 0.25) is 18.6 Å². The number of likely N-dealkylation sites (N-methyl/N-ethyl adjacent to an activating group) is 1. The molecule has 0 aliphatic carbocycles. The lowest BCUT2D eigenvalue weighted by Crippen LogP contribution is -2.40. The fraction of sp³-hybridized carbons (Fsp3) is 0.429. The van der Waals surface area contributed by atoms with Gasteiger partial charge in [-0.05, 0) is 6.07 Å². The second-order valence-corrected chi connectivity index (χ2v) is 4.92. The summed E-state index contributed by atoms with van der Waals surface area (Å²) in [5.74, 6) is -0.332. The van der Waals surface area contributed by atoms with Crippen LogP contribution < -0.4 is 25.3 Å². The molecule has 0 aromatic heterocycles. The number of hydrogen-bond acceptors (Lipinski definition) is 6. The Morgan fingerprint density at radius 2 is 2.04 bits per heavy atom. The molecular weight excluding hydrogens is 328 g/mol. The molecule has 8 nitrogen and oxygen atoms in total. The Balaban J connectivity index is 2.09. The number of amides is 2. The number of benzene rings is 1. The molecule has 132 valence electrons. The van der Waals surface area contributed by atoms with Gasteiger partial charge in [0.15, 0.2) is 11.5 Å². The minimum Gasteiger partial charge on any atom is -0.454 e. The van der Waals surface area contributed by atoms with Crippen LogP contribution in [0.25, 0.3) is 0 Å². The molecule has 0 atom stereocenters. The third-order valence-corrected chi connectivity index (χ3v) is 3.23. The number of fused-ring (bicyclic) bond motifs is 1. The SMILES string of the molecule is CN(Cc1cc2c(cc1OC(F)F)OCO2)C(=O)CNC(=O)CN. The van der Waals surface area contributed by atoms with Gasteiger partial charge in [-0.2, -0.15) is 8.78 Å². The van der Waals surface area contributed by atoms with Gasteiger partial charge >= 0.3 is 6.61 Å². The van der Waals surface area contributed by atoms with Crippen LogP contribution in [0.5, 0.6) is 17.2 Å². The van der Waals surface area contributed by atoms with Crippen molar-refractivity contribution >= 4 is 11.8 Å². The van der Waals surface area contributed by atoms with E-state index in [-0.39, 0.29) is 32.2 Å². The number of hydrogen-bond donors (Lipinski definition) is 2. The minimum absolute atomic E-state index is 0.0178. The molecule has 0 fully saturated rings. The van der Waals surface area contributed by atoms with E-state index in [2.05, 4.69) is 10.1 Å². The topological polar surface area (TPSA) is 103 Å². The number of halogens is 2. The van der Waals surface area contributed by atoms with Crippen molar-refractivity contribution in [3.05, 3.63) is 17.7 Å². The summed E-state index contributed by atoms with van der Waals surface area (Å²) in [4.78, 5) is 24.3. The second kappa shape index (κ2) is 7.77. The van der Waals surface area contributed by atoms with Crippen LogP contribution in [0.2, 0.25) is 0 Å². The Morgan fingerprint density at radius 3 is 2.67 bits per heavy atom. The summed E-state index contributed by atoms with van der Waals surface area (Å²) in [6.45, 7) is -3.54. The molecule has 1 aromatic carbocycles. The van der Waals surface area contributed by atoms with Crippen LogP contribution in [0.1, 0.15) is 5.56 Å². The molecule has 3 N–H and O–H groups in total. The van der Waals surface area contributed by atoms with Gasteiger partial charge in [-0.15, -0.1) is 0 Å². The van der Waals surface area contributed by atoms with Crippen LogP contribution in [0, 0.1) is 0 Å². The van der Waals surface area contributed by atoms with Crippen LogP contribution in [0.4, 0.5) is 8.78 Å². The summed E-state index contributed by atoms with van der Waals surface area (Å²) in [5, 5.41) is 2.34. The van der Waals surface area contributed by atoms with Crippen LogP contribution >= 0.6 is 0 Å². The zero-order valence-corrected chi connectivity index (χ0v) is 12.9. The predicted octanol–water partition coefficient (Wildman–Crippen LogP) is 0.0500. The largest absolute Gasteiger partial charge is 0.454 e. The van der Waals surface area contributed by atoms with Gasteiger partial charge in [-0.1, -0.05) is 0 Å². The third-order valence-electron chi connectivity index (χ3n) is 3.23. The van der Waals surface area contributed by atoms with E-state index in [1.165, 1.54) is 24.1 Å². The zero-order valence-electron chi connectivity index (χ0n) is 12.9. The van der Waals surface area contributed by atoms with E-state index in [0.29, 0.717) is 17.1 Å². The molecule has 1 aliphatic heterocycles. The standard InChI is InChI=1S/C14H17F2N3O5/c1-19(13(21)5-18-12(20)4-17)6-8-2-10-11(23-7-22-10)3-9(8)24-14(15)16/h2-3,14H,4-7,17H2,1H3,(H,18,20). The number of rotatable bonds is 7. The van der Waals surface area contributed by atoms with E-state index in [0.717, 1.165) is 0 Å². The molecule has 2 rings (SSSR count). The lowest BCUT2D eigenvalue weighted by atomic mass is 10.1. The minimum atomic E-state index is -3.02. The lowest BCUT2D eigenvalue weighted by molar-refractivity contribution is -0.132. The molecule has 0 saturated heterocycles. The van der Waals surface area contributed by atoms with Crippen LogP contribution in [0.15, 0.2) is 12.1 Å². The Hall–Kier alpha value is -2.62. The molecule has 1 heterocycles. The number of nitrogens with two attached hydrogens (primary N) is 1. The van der Waals surface area contributed by atoms with Gasteiger partial charge in [-0.25, -0.2) is 0 Å². The quantitative estimate of drug-likeness (QED) is 0.724. The highest BCUT2D eigenvalue weighted by Gasteiger charge is 2.22. The van der Waals surface area contributed by atoms with E-state index in [1.54, 1.807) is 0 Å². The van der Waals surface area contributed by atoms with E-state index in [9.17, 15) is 18.4 Å². The van der Waals surface area contributed by atoms with E-state index < -0.39 is 18.4 Å². The molecule has 0 radical (unpaired) electrons. The Bertz CT molecular complexity index is 627. The first-order valence-electron chi connectivity index (χ1n) is 6.98. The smallest absolute Gasteiger partial charge is 0.387 e. The molecular formula is C14H17F2N3O5. The summed E-state index contributed by atoms with van der Waals surface area (Å²) in [7, 11) is 1.47. The first-order chi connectivity index (χ1) is 11.4. The van der Waals surface area contributed by atoms with E-state index in [4.69, 9.17) is 15.2 Å². The Morgan fingerprint density at radius 1 is 1.38 bits per heavy atom. The third kappa shape index (κ3) is 4.44. The first kappa shape index (κ1) is 17.7. The van der Waals surface area contributed by atoms with Crippen molar-refractivity contribution in [3.63, 3.8) is 0 Å². The molecule has 2 amide bonds. The molecule has 1 aliphatic rings. The summed E-state index contributed by atoms with van der Waals surface area (Å²) in [6.07, 6.45) is 0.